The summed E-state index contributed by atoms with van der Waals surface area (Å²) in [4.78, 5) is 340. The van der Waals surface area contributed by atoms with Crippen molar-refractivity contribution in [2.45, 2.75) is 293 Å². The number of aromatic hydroxyl groups is 1. The summed E-state index contributed by atoms with van der Waals surface area (Å²) in [5.41, 5.74) is 17.3. The molecule has 20 atom stereocenters. The number of primary amides is 2. The minimum absolute atomic E-state index is 0.0171. The minimum Gasteiger partial charge on any atom is -0.508 e. The molecule has 0 radical (unpaired) electrons. The number of likely N-dealkylation sites (tertiary alicyclic amines) is 2. The Morgan fingerprint density at radius 1 is 0.338 bits per heavy atom. The Hall–Kier alpha value is -15.2. The first-order valence-corrected chi connectivity index (χ1v) is 46.4. The number of aliphatic hydroxyl groups excluding tert-OH is 3. The van der Waals surface area contributed by atoms with E-state index in [1.165, 1.54) is 77.9 Å². The fraction of sp³-hybridized carbons (Fsp3) is 0.589. The summed E-state index contributed by atoms with van der Waals surface area (Å²) < 4.78 is 0. The molecule has 0 aliphatic carbocycles. The number of amides is 19. The van der Waals surface area contributed by atoms with Gasteiger partial charge < -0.3 is 158 Å². The van der Waals surface area contributed by atoms with Crippen LogP contribution in [0.15, 0.2) is 54.6 Å². The second-order valence-corrected chi connectivity index (χ2v) is 36.5. The van der Waals surface area contributed by atoms with Crippen LogP contribution in [0.5, 0.6) is 5.75 Å². The van der Waals surface area contributed by atoms with Gasteiger partial charge >= 0.3 is 35.8 Å². The summed E-state index contributed by atoms with van der Waals surface area (Å²) in [6.07, 6.45) is -13.7. The molecule has 2 aromatic rings. The van der Waals surface area contributed by atoms with Gasteiger partial charge in [0, 0.05) is 38.8 Å². The molecule has 145 heavy (non-hydrogen) atoms. The first-order chi connectivity index (χ1) is 67.7. The second kappa shape index (κ2) is 58.4. The SMILES string of the molecule is CC(C)C[C@H](NC(=O)[C@@H]1CCCN1C(=O)[C@@H](NC(=O)[C@H](Cc1ccccc1)NC(=O)[C@H](CCC(N)=O)NC(=O)[C@@H](NC(=O)[C@@H](NC(=O)[C@H](Cc1ccc(O)cc1)NC(=O)[C@H](CCC(=O)O)NC(=O)[C@@H](NC(=O)[C@H](CC(=O)O)NC(=O)[C@@H](NC(=O)[C@@H](N)CO)C(C)C)C(C)C)[C@@H](C)O)C(C)C)[C@@H](C)O)C(=O)N[C@@H](CC(N)=O)C(=O)N1CCC[C@H]1C(=O)N[C@@H](CC(=O)O)C(=O)N[C@@H](CC(=O)O)C(=O)N[C@@H](CC(=O)O)C(=O)O. The maximum atomic E-state index is 14.9. The zero-order valence-corrected chi connectivity index (χ0v) is 81.3. The Labute approximate surface area is 830 Å². The predicted molar refractivity (Wildman–Crippen MR) is 499 cm³/mol. The highest BCUT2D eigenvalue weighted by atomic mass is 16.4. The Morgan fingerprint density at radius 3 is 1.06 bits per heavy atom. The van der Waals surface area contributed by atoms with Crippen molar-refractivity contribution in [1.82, 2.24) is 89.6 Å². The lowest BCUT2D eigenvalue weighted by atomic mass is 9.99. The molecule has 19 amide bonds. The summed E-state index contributed by atoms with van der Waals surface area (Å²) in [6, 6.07) is -20.2. The zero-order valence-electron chi connectivity index (χ0n) is 81.3. The number of hydrogen-bond donors (Lipinski definition) is 28. The molecule has 2 aromatic carbocycles. The van der Waals surface area contributed by atoms with Gasteiger partial charge in [-0.05, 0) is 106 Å². The number of carboxylic acid groups (broad SMARTS) is 6. The number of hydrogen-bond acceptors (Lipinski definition) is 30. The quantitative estimate of drug-likeness (QED) is 0.0292. The molecule has 31 N–H and O–H groups in total. The molecule has 0 saturated carbocycles. The van der Waals surface area contributed by atoms with Crippen molar-refractivity contribution in [1.29, 1.82) is 0 Å². The number of phenolic OH excluding ortho intramolecular Hbond substituents is 1. The lowest BCUT2D eigenvalue weighted by molar-refractivity contribution is -0.148. The molecule has 55 heteroatoms. The molecule has 0 spiro atoms. The van der Waals surface area contributed by atoms with E-state index in [0.717, 1.165) is 23.6 Å². The highest BCUT2D eigenvalue weighted by Gasteiger charge is 2.47. The van der Waals surface area contributed by atoms with Crippen LogP contribution >= 0.6 is 0 Å². The van der Waals surface area contributed by atoms with Crippen molar-refractivity contribution in [3.05, 3.63) is 65.7 Å². The first-order valence-electron chi connectivity index (χ1n) is 46.4. The van der Waals surface area contributed by atoms with E-state index in [0.29, 0.717) is 5.56 Å². The van der Waals surface area contributed by atoms with E-state index >= 15 is 0 Å². The Morgan fingerprint density at radius 2 is 0.662 bits per heavy atom. The number of carbonyl (C=O) groups is 25. The number of nitrogens with two attached hydrogens (primary N) is 3. The molecule has 0 bridgehead atoms. The van der Waals surface area contributed by atoms with Gasteiger partial charge in [0.05, 0.1) is 50.9 Å². The summed E-state index contributed by atoms with van der Waals surface area (Å²) in [6.45, 7) is 12.6. The van der Waals surface area contributed by atoms with Crippen LogP contribution in [-0.2, 0) is 133 Å². The van der Waals surface area contributed by atoms with Gasteiger partial charge in [-0.3, -0.25) is 115 Å². The van der Waals surface area contributed by atoms with E-state index in [-0.39, 0.29) is 56.5 Å². The molecular formula is C90H132N20O35. The smallest absolute Gasteiger partial charge is 0.326 e. The topological polar surface area (TPSA) is 894 Å². The number of benzene rings is 2. The van der Waals surface area contributed by atoms with E-state index in [1.807, 2.05) is 5.32 Å². The van der Waals surface area contributed by atoms with Gasteiger partial charge in [-0.25, -0.2) is 4.79 Å². The number of rotatable bonds is 61. The molecule has 802 valence electrons. The summed E-state index contributed by atoms with van der Waals surface area (Å²) in [5, 5.41) is 134. The number of aliphatic carboxylic acids is 6. The van der Waals surface area contributed by atoms with E-state index in [2.05, 4.69) is 69.1 Å². The highest BCUT2D eigenvalue weighted by Crippen LogP contribution is 2.25. The minimum atomic E-state index is -2.20. The fourth-order valence-corrected chi connectivity index (χ4v) is 15.3. The maximum absolute atomic E-state index is 14.9. The maximum Gasteiger partial charge on any atom is 0.326 e. The van der Waals surface area contributed by atoms with Crippen LogP contribution in [-0.4, -0.2) is 350 Å². The van der Waals surface area contributed by atoms with E-state index in [4.69, 9.17) is 22.3 Å². The fourth-order valence-electron chi connectivity index (χ4n) is 15.3. The average molecular weight is 2050 g/mol. The molecule has 2 fully saturated rings. The molecular weight excluding hydrogens is 1920 g/mol. The number of phenols is 1. The van der Waals surface area contributed by atoms with Gasteiger partial charge in [0.25, 0.3) is 0 Å². The largest absolute Gasteiger partial charge is 0.508 e. The molecule has 4 rings (SSSR count). The monoisotopic (exact) mass is 2050 g/mol. The third-order valence-electron chi connectivity index (χ3n) is 23.0. The van der Waals surface area contributed by atoms with Gasteiger partial charge in [0.1, 0.15) is 115 Å². The van der Waals surface area contributed by atoms with E-state index < -0.39 is 370 Å². The van der Waals surface area contributed by atoms with Gasteiger partial charge in [0.2, 0.25) is 112 Å². The average Bonchev–Trinajstić information content (AvgIpc) is 1.59. The van der Waals surface area contributed by atoms with Crippen LogP contribution in [0.2, 0.25) is 0 Å². The van der Waals surface area contributed by atoms with Crippen LogP contribution in [0.3, 0.4) is 0 Å². The summed E-state index contributed by atoms with van der Waals surface area (Å²) >= 11 is 0. The van der Waals surface area contributed by atoms with Crippen LogP contribution in [0.4, 0.5) is 0 Å². The summed E-state index contributed by atoms with van der Waals surface area (Å²) in [7, 11) is 0. The standard InChI is InChI=1S/C90H132N20O35/c1-39(2)30-51(76(130)102-57(33-62(93)116)88(142)109-28-14-18-59(109)82(136)100-55(35-65(121)122)77(131)98-54(34-64(119)120)78(132)103-58(90(144)145)37-67(125)126)99-83(137)60-19-15-29-110(60)89(143)72(44(10)113)108-80(134)52(31-45-16-12-11-13-17-45)96-74(128)49(24-26-61(92)115)94-85(139)70(42(7)8)106-87(141)71(43(9)112)107-79(133)53(32-46-20-22-47(114)23-21-46)97-75(129)50(25-27-63(117)118)95-84(138)69(41(5)6)105-81(135)56(36-66(123)124)101-86(140)68(40(3)4)104-73(127)48(91)38-111/h11-13,16-17,20-23,39-44,48-60,68-72,111-114H,14-15,18-19,24-38,91H2,1-10H3,(H2,92,115)(H2,93,116)(H,94,139)(H,95,138)(H,96,128)(H,97,129)(H,98,131)(H,99,137)(H,100,136)(H,101,140)(H,102,130)(H,103,132)(H,104,127)(H,105,135)(H,106,141)(H,107,133)(H,108,134)(H,117,118)(H,119,120)(H,121,122)(H,123,124)(H,125,126)(H,144,145)/t43-,44-,48+,49+,50+,51+,52+,53+,54+,55+,56+,57+,58+,59+,60+,68+,69+,70+,71+,72+/m1/s1. The number of carbonyl (C=O) groups excluding carboxylic acids is 19. The third-order valence-corrected chi connectivity index (χ3v) is 23.0. The van der Waals surface area contributed by atoms with E-state index in [1.54, 1.807) is 37.4 Å². The van der Waals surface area contributed by atoms with Crippen LogP contribution in [0, 0.1) is 23.7 Å². The Kier molecular flexibility index (Phi) is 49.2. The van der Waals surface area contributed by atoms with E-state index in [9.17, 15) is 166 Å². The predicted octanol–water partition coefficient (Wildman–Crippen LogP) is -9.48. The lowest BCUT2D eigenvalue weighted by Crippen LogP contribution is -2.63. The Balaban J connectivity index is 1.61. The van der Waals surface area contributed by atoms with Crippen molar-refractivity contribution in [2.24, 2.45) is 40.9 Å². The molecule has 0 aromatic heterocycles. The van der Waals surface area contributed by atoms with Gasteiger partial charge in [-0.2, -0.15) is 0 Å². The zero-order chi connectivity index (χ0) is 110. The molecule has 55 nitrogen and oxygen atoms in total. The van der Waals surface area contributed by atoms with Gasteiger partial charge in [-0.1, -0.05) is 97.9 Å². The third kappa shape index (κ3) is 40.3. The van der Waals surface area contributed by atoms with Gasteiger partial charge in [0.15, 0.2) is 0 Å². The van der Waals surface area contributed by atoms with Crippen LogP contribution in [0.25, 0.3) is 0 Å². The van der Waals surface area contributed by atoms with Crippen molar-refractivity contribution in [3.63, 3.8) is 0 Å². The summed E-state index contributed by atoms with van der Waals surface area (Å²) in [5.74, 6) is -36.5. The highest BCUT2D eigenvalue weighted by molar-refractivity contribution is 6.04. The van der Waals surface area contributed by atoms with Crippen LogP contribution in [0.1, 0.15) is 170 Å². The van der Waals surface area contributed by atoms with Crippen molar-refractivity contribution >= 4 is 148 Å². The van der Waals surface area contributed by atoms with Crippen molar-refractivity contribution in [2.75, 3.05) is 19.7 Å². The number of carboxylic acids is 6. The molecule has 2 aliphatic rings. The van der Waals surface area contributed by atoms with Gasteiger partial charge in [-0.15, -0.1) is 0 Å². The second-order valence-electron chi connectivity index (χ2n) is 36.5. The molecule has 2 saturated heterocycles. The molecule has 2 aliphatic heterocycles. The number of nitrogens with zero attached hydrogens (tertiary/aromatic N) is 2. The van der Waals surface area contributed by atoms with Crippen molar-refractivity contribution in [3.8, 4) is 5.75 Å². The number of nitrogens with one attached hydrogen (secondary N) is 15. The van der Waals surface area contributed by atoms with Crippen LogP contribution < -0.4 is 97.0 Å². The van der Waals surface area contributed by atoms with Crippen molar-refractivity contribution < 1.29 is 171 Å². The Bertz CT molecular complexity index is 5000. The molecule has 2 heterocycles. The normalized spacial score (nSPS) is 17.1. The first kappa shape index (κ1) is 122. The lowest BCUT2D eigenvalue weighted by Gasteiger charge is -2.32. The number of aliphatic hydroxyl groups is 3. The molecule has 0 unspecified atom stereocenters.